The van der Waals surface area contributed by atoms with Crippen LogP contribution in [0.2, 0.25) is 0 Å². The molecule has 0 aliphatic rings. The number of rotatable bonds is 16. The summed E-state index contributed by atoms with van der Waals surface area (Å²) < 4.78 is 0. The average molecular weight is 332 g/mol. The summed E-state index contributed by atoms with van der Waals surface area (Å²) >= 11 is 0. The molecule has 0 radical (unpaired) electrons. The molecule has 132 valence electrons. The molecule has 0 spiro atoms. The molecule has 0 bridgehead atoms. The minimum Gasteiger partial charge on any atom is -0.481 e. The Kier molecular flexibility index (Phi) is 15.6. The monoisotopic (exact) mass is 331 g/mol. The number of carboxylic acids is 1. The number of aliphatic carboxylic acids is 1. The van der Waals surface area contributed by atoms with Gasteiger partial charge < -0.3 is 5.11 Å². The van der Waals surface area contributed by atoms with Crippen molar-refractivity contribution in [3.63, 3.8) is 0 Å². The van der Waals surface area contributed by atoms with Crippen LogP contribution in [-0.2, 0) is 15.7 Å². The normalized spacial score (nSPS) is 14.0. The number of carbonyl (C=O) groups is 1. The van der Waals surface area contributed by atoms with Crippen LogP contribution >= 0.6 is 0 Å². The first kappa shape index (κ1) is 21.8. The zero-order chi connectivity index (χ0) is 16.6. The van der Waals surface area contributed by atoms with Crippen molar-refractivity contribution in [2.24, 2.45) is 0 Å². The lowest BCUT2D eigenvalue weighted by atomic mass is 10.0. The van der Waals surface area contributed by atoms with E-state index in [1.807, 2.05) is 0 Å². The van der Waals surface area contributed by atoms with Gasteiger partial charge in [0.1, 0.15) is 11.0 Å². The Bertz CT molecular complexity index is 256. The number of unbranched alkanes of at least 4 members (excludes halogenated alkanes) is 7. The Morgan fingerprint density at radius 1 is 0.864 bits per heavy atom. The predicted octanol–water partition coefficient (Wildman–Crippen LogP) is 5.80. The molecule has 2 atom stereocenters. The molecule has 0 amide bonds. The van der Waals surface area contributed by atoms with Gasteiger partial charge in [-0.25, -0.2) is 0 Å². The van der Waals surface area contributed by atoms with Crippen LogP contribution in [0.25, 0.3) is 0 Å². The summed E-state index contributed by atoms with van der Waals surface area (Å²) in [5.74, 6) is 0.468. The zero-order valence-electron chi connectivity index (χ0n) is 15.2. The molecule has 3 heteroatoms. The van der Waals surface area contributed by atoms with E-state index in [1.165, 1.54) is 70.6 Å². The van der Waals surface area contributed by atoms with Gasteiger partial charge in [-0.3, -0.25) is 4.79 Å². The van der Waals surface area contributed by atoms with Gasteiger partial charge in [-0.2, -0.15) is 0 Å². The lowest BCUT2D eigenvalue weighted by molar-refractivity contribution is -0.137. The fourth-order valence-electron chi connectivity index (χ4n) is 2.94. The fraction of sp³-hybridized carbons (Fsp3) is 0.947. The molecule has 22 heavy (non-hydrogen) atoms. The maximum Gasteiger partial charge on any atom is 0.303 e. The minimum absolute atomic E-state index is 0.344. The van der Waals surface area contributed by atoms with Gasteiger partial charge in [-0.05, 0) is 36.6 Å². The van der Waals surface area contributed by atoms with Crippen LogP contribution in [0.15, 0.2) is 0 Å². The van der Waals surface area contributed by atoms with Crippen molar-refractivity contribution in [2.75, 3.05) is 12.0 Å². The highest BCUT2D eigenvalue weighted by Gasteiger charge is 2.24. The summed E-state index contributed by atoms with van der Waals surface area (Å²) in [5.41, 5.74) is 0. The van der Waals surface area contributed by atoms with Crippen LogP contribution in [0.4, 0.5) is 0 Å². The van der Waals surface area contributed by atoms with E-state index in [0.717, 1.165) is 17.4 Å². The van der Waals surface area contributed by atoms with Crippen LogP contribution in [0, 0.1) is 0 Å². The Labute approximate surface area is 141 Å². The lowest BCUT2D eigenvalue weighted by Crippen LogP contribution is -2.24. The van der Waals surface area contributed by atoms with Crippen LogP contribution < -0.4 is 0 Å². The Hall–Kier alpha value is -0.180. The van der Waals surface area contributed by atoms with Gasteiger partial charge in [0.05, 0.1) is 6.26 Å². The largest absolute Gasteiger partial charge is 0.481 e. The third kappa shape index (κ3) is 13.5. The van der Waals surface area contributed by atoms with Gasteiger partial charge in [-0.1, -0.05) is 58.8 Å². The van der Waals surface area contributed by atoms with Crippen molar-refractivity contribution in [3.05, 3.63) is 0 Å². The summed E-state index contributed by atoms with van der Waals surface area (Å²) in [5, 5.41) is 9.63. The highest BCUT2D eigenvalue weighted by atomic mass is 32.2. The van der Waals surface area contributed by atoms with Crippen LogP contribution in [0.1, 0.15) is 97.3 Å². The Balaban J connectivity index is 4.03. The quantitative estimate of drug-likeness (QED) is 0.287. The van der Waals surface area contributed by atoms with Crippen LogP contribution in [-0.4, -0.2) is 28.3 Å². The molecule has 0 saturated heterocycles. The molecule has 0 aliphatic heterocycles. The lowest BCUT2D eigenvalue weighted by Gasteiger charge is -2.17. The average Bonchev–Trinajstić information content (AvgIpc) is 2.48. The second-order valence-electron chi connectivity index (χ2n) is 6.57. The maximum absolute atomic E-state index is 10.7. The van der Waals surface area contributed by atoms with Crippen molar-refractivity contribution < 1.29 is 9.90 Å². The molecule has 2 nitrogen and oxygen atoms in total. The van der Waals surface area contributed by atoms with E-state index in [9.17, 15) is 4.79 Å². The Morgan fingerprint density at radius 3 is 1.86 bits per heavy atom. The smallest absolute Gasteiger partial charge is 0.303 e. The summed E-state index contributed by atoms with van der Waals surface area (Å²) in [7, 11) is 0.400. The fourth-order valence-corrected chi connectivity index (χ4v) is 5.01. The van der Waals surface area contributed by atoms with E-state index < -0.39 is 5.97 Å². The third-order valence-electron chi connectivity index (χ3n) is 4.44. The summed E-state index contributed by atoms with van der Waals surface area (Å²) in [6, 6.07) is 0. The molecule has 0 aromatic rings. The van der Waals surface area contributed by atoms with Gasteiger partial charge in [-0.15, -0.1) is 0 Å². The molecular formula is C19H39O2S+. The molecule has 0 saturated carbocycles. The first-order valence-corrected chi connectivity index (χ1v) is 11.3. The maximum atomic E-state index is 10.7. The summed E-state index contributed by atoms with van der Waals surface area (Å²) in [6.45, 7) is 4.53. The van der Waals surface area contributed by atoms with E-state index in [0.29, 0.717) is 17.3 Å². The van der Waals surface area contributed by atoms with Crippen molar-refractivity contribution in [1.29, 1.82) is 0 Å². The molecule has 2 unspecified atom stereocenters. The molecule has 0 rings (SSSR count). The molecule has 1 N–H and O–H groups in total. The number of carboxylic acid groups (broad SMARTS) is 1. The van der Waals surface area contributed by atoms with Gasteiger partial charge in [0.25, 0.3) is 0 Å². The second kappa shape index (κ2) is 15.7. The topological polar surface area (TPSA) is 37.3 Å². The summed E-state index contributed by atoms with van der Waals surface area (Å²) in [4.78, 5) is 10.7. The van der Waals surface area contributed by atoms with Crippen molar-refractivity contribution in [3.8, 4) is 0 Å². The molecule has 0 aliphatic carbocycles. The highest BCUT2D eigenvalue weighted by Crippen LogP contribution is 2.21. The molecule has 0 aromatic heterocycles. The van der Waals surface area contributed by atoms with Crippen molar-refractivity contribution in [1.82, 2.24) is 0 Å². The van der Waals surface area contributed by atoms with Crippen LogP contribution in [0.5, 0.6) is 0 Å². The van der Waals surface area contributed by atoms with E-state index >= 15 is 0 Å². The predicted molar refractivity (Wildman–Crippen MR) is 101 cm³/mol. The van der Waals surface area contributed by atoms with Gasteiger partial charge in [0, 0.05) is 12.8 Å². The molecule has 0 fully saturated rings. The summed E-state index contributed by atoms with van der Waals surface area (Å²) in [6.07, 6.45) is 18.5. The van der Waals surface area contributed by atoms with Crippen molar-refractivity contribution in [2.45, 2.75) is 103 Å². The number of hydrogen-bond acceptors (Lipinski definition) is 1. The first-order chi connectivity index (χ1) is 10.6. The SMILES string of the molecule is CCCCCCCC(CCCCCC)[S+](C)CCCC(=O)O. The molecule has 0 heterocycles. The first-order valence-electron chi connectivity index (χ1n) is 9.44. The molecular weight excluding hydrogens is 292 g/mol. The second-order valence-corrected chi connectivity index (χ2v) is 9.02. The highest BCUT2D eigenvalue weighted by molar-refractivity contribution is 7.96. The van der Waals surface area contributed by atoms with Gasteiger partial charge in [0.2, 0.25) is 0 Å². The number of hydrogen-bond donors (Lipinski definition) is 1. The third-order valence-corrected chi connectivity index (χ3v) is 6.98. The van der Waals surface area contributed by atoms with E-state index in [-0.39, 0.29) is 0 Å². The van der Waals surface area contributed by atoms with E-state index in [4.69, 9.17) is 5.11 Å². The van der Waals surface area contributed by atoms with Gasteiger partial charge >= 0.3 is 5.97 Å². The van der Waals surface area contributed by atoms with E-state index in [1.54, 1.807) is 0 Å². The minimum atomic E-state index is -0.643. The Morgan fingerprint density at radius 2 is 1.36 bits per heavy atom. The molecule has 0 aromatic carbocycles. The van der Waals surface area contributed by atoms with Crippen molar-refractivity contribution >= 4 is 16.9 Å². The van der Waals surface area contributed by atoms with E-state index in [2.05, 4.69) is 20.1 Å². The zero-order valence-corrected chi connectivity index (χ0v) is 16.1. The van der Waals surface area contributed by atoms with Gasteiger partial charge in [0.15, 0.2) is 0 Å². The van der Waals surface area contributed by atoms with Crippen LogP contribution in [0.3, 0.4) is 0 Å². The standard InChI is InChI=1S/C19H38O2S/c1-4-6-8-10-12-15-18(14-11-9-7-5-2)22(3)17-13-16-19(20)21/h18H,4-17H2,1-3H3/p+1.